The Labute approximate surface area is 146 Å². The fourth-order valence-electron chi connectivity index (χ4n) is 4.15. The molecule has 130 valence electrons. The molecule has 1 aliphatic carbocycles. The lowest BCUT2D eigenvalue weighted by Crippen LogP contribution is -2.46. The molecule has 4 rings (SSSR count). The molecule has 0 bridgehead atoms. The van der Waals surface area contributed by atoms with Gasteiger partial charge in [0.25, 0.3) is 0 Å². The summed E-state index contributed by atoms with van der Waals surface area (Å²) in [6.45, 7) is 0. The number of amides is 1. The van der Waals surface area contributed by atoms with Crippen molar-refractivity contribution in [3.05, 3.63) is 59.2 Å². The molecule has 0 saturated carbocycles. The Morgan fingerprint density at radius 3 is 2.76 bits per heavy atom. The van der Waals surface area contributed by atoms with Crippen molar-refractivity contribution in [3.63, 3.8) is 0 Å². The zero-order chi connectivity index (χ0) is 17.6. The number of carbonyl (C=O) groups is 1. The molecule has 3 unspecified atom stereocenters. The summed E-state index contributed by atoms with van der Waals surface area (Å²) in [6.07, 6.45) is 1.10. The normalized spacial score (nSPS) is 25.0. The number of para-hydroxylation sites is 1. The van der Waals surface area contributed by atoms with E-state index in [1.54, 1.807) is 31.2 Å². The first kappa shape index (κ1) is 15.8. The molecule has 1 heterocycles. The highest BCUT2D eigenvalue weighted by atomic mass is 16.6. The Morgan fingerprint density at radius 1 is 1.20 bits per heavy atom. The van der Waals surface area contributed by atoms with Gasteiger partial charge in [-0.05, 0) is 42.2 Å². The molecule has 5 nitrogen and oxygen atoms in total. The Kier molecular flexibility index (Phi) is 3.79. The number of aromatic hydroxyl groups is 1. The average Bonchev–Trinajstić information content (AvgIpc) is 2.63. The van der Waals surface area contributed by atoms with Crippen molar-refractivity contribution in [2.75, 3.05) is 14.2 Å². The van der Waals surface area contributed by atoms with Gasteiger partial charge in [-0.15, -0.1) is 0 Å². The smallest absolute Gasteiger partial charge is 0.410 e. The van der Waals surface area contributed by atoms with Gasteiger partial charge in [-0.3, -0.25) is 0 Å². The summed E-state index contributed by atoms with van der Waals surface area (Å²) in [5.74, 6) is 1.12. The highest BCUT2D eigenvalue weighted by molar-refractivity contribution is 5.70. The molecular formula is C20H21NO4. The van der Waals surface area contributed by atoms with Gasteiger partial charge in [0.05, 0.1) is 13.2 Å². The van der Waals surface area contributed by atoms with E-state index in [0.717, 1.165) is 35.3 Å². The molecule has 2 aromatic rings. The third-order valence-electron chi connectivity index (χ3n) is 5.39. The monoisotopic (exact) mass is 339 g/mol. The zero-order valence-corrected chi connectivity index (χ0v) is 14.3. The molecule has 0 radical (unpaired) electrons. The number of benzene rings is 2. The Hall–Kier alpha value is -2.69. The van der Waals surface area contributed by atoms with Gasteiger partial charge >= 0.3 is 6.09 Å². The maximum atomic E-state index is 12.5. The predicted molar refractivity (Wildman–Crippen MR) is 92.6 cm³/mol. The summed E-state index contributed by atoms with van der Waals surface area (Å²) in [7, 11) is 3.39. The summed E-state index contributed by atoms with van der Waals surface area (Å²) < 4.78 is 11.1. The number of carbonyl (C=O) groups excluding carboxylic acids is 1. The molecule has 1 fully saturated rings. The fraction of sp³-hybridized carbons (Fsp3) is 0.350. The number of hydrogen-bond acceptors (Lipinski definition) is 4. The van der Waals surface area contributed by atoms with Crippen molar-refractivity contribution in [1.82, 2.24) is 4.90 Å². The van der Waals surface area contributed by atoms with Crippen molar-refractivity contribution in [2.24, 2.45) is 5.92 Å². The SMILES string of the molecule is COc1ccc2c(c1)CCC1C2OC(=O)N(C)C1c1ccccc1O. The number of methoxy groups -OCH3 is 1. The number of hydrogen-bond donors (Lipinski definition) is 1. The number of rotatable bonds is 2. The molecule has 2 aromatic carbocycles. The zero-order valence-electron chi connectivity index (χ0n) is 14.3. The molecule has 1 aliphatic heterocycles. The number of phenols is 1. The fourth-order valence-corrected chi connectivity index (χ4v) is 4.15. The minimum atomic E-state index is -0.363. The van der Waals surface area contributed by atoms with E-state index in [0.29, 0.717) is 0 Å². The van der Waals surface area contributed by atoms with Gasteiger partial charge < -0.3 is 19.5 Å². The molecule has 0 aromatic heterocycles. The number of ether oxygens (including phenoxy) is 2. The minimum Gasteiger partial charge on any atom is -0.508 e. The van der Waals surface area contributed by atoms with Gasteiger partial charge in [0.15, 0.2) is 0 Å². The Balaban J connectivity index is 1.78. The number of fused-ring (bicyclic) bond motifs is 3. The maximum Gasteiger partial charge on any atom is 0.410 e. The second kappa shape index (κ2) is 5.99. The topological polar surface area (TPSA) is 59.0 Å². The van der Waals surface area contributed by atoms with Crippen molar-refractivity contribution >= 4 is 6.09 Å². The predicted octanol–water partition coefficient (Wildman–Crippen LogP) is 3.83. The molecule has 0 spiro atoms. The van der Waals surface area contributed by atoms with E-state index >= 15 is 0 Å². The van der Waals surface area contributed by atoms with Crippen LogP contribution in [0.25, 0.3) is 0 Å². The quantitative estimate of drug-likeness (QED) is 0.903. The van der Waals surface area contributed by atoms with E-state index < -0.39 is 0 Å². The first-order valence-electron chi connectivity index (χ1n) is 8.48. The molecule has 25 heavy (non-hydrogen) atoms. The van der Waals surface area contributed by atoms with Crippen LogP contribution >= 0.6 is 0 Å². The second-order valence-electron chi connectivity index (χ2n) is 6.69. The van der Waals surface area contributed by atoms with E-state index in [1.165, 1.54) is 0 Å². The van der Waals surface area contributed by atoms with Gasteiger partial charge in [0.1, 0.15) is 17.6 Å². The Bertz CT molecular complexity index is 819. The van der Waals surface area contributed by atoms with E-state index in [4.69, 9.17) is 9.47 Å². The summed E-state index contributed by atoms with van der Waals surface area (Å²) in [5, 5.41) is 10.3. The van der Waals surface area contributed by atoms with Crippen molar-refractivity contribution in [2.45, 2.75) is 25.0 Å². The summed E-state index contributed by atoms with van der Waals surface area (Å²) in [6, 6.07) is 12.9. The van der Waals surface area contributed by atoms with Gasteiger partial charge in [0.2, 0.25) is 0 Å². The van der Waals surface area contributed by atoms with Gasteiger partial charge in [-0.1, -0.05) is 24.3 Å². The summed E-state index contributed by atoms with van der Waals surface area (Å²) in [5.41, 5.74) is 2.97. The van der Waals surface area contributed by atoms with Crippen LogP contribution < -0.4 is 4.74 Å². The Morgan fingerprint density at radius 2 is 2.00 bits per heavy atom. The van der Waals surface area contributed by atoms with Crippen LogP contribution in [0.15, 0.2) is 42.5 Å². The lowest BCUT2D eigenvalue weighted by atomic mass is 9.74. The number of aryl methyl sites for hydroxylation is 1. The van der Waals surface area contributed by atoms with E-state index in [-0.39, 0.29) is 29.9 Å². The van der Waals surface area contributed by atoms with Crippen LogP contribution in [0.1, 0.15) is 35.3 Å². The van der Waals surface area contributed by atoms with Gasteiger partial charge in [0, 0.05) is 18.5 Å². The standard InChI is InChI=1S/C20H21NO4/c1-21-18(15-5-3-4-6-17(15)22)16-9-7-12-11-13(24-2)8-10-14(12)19(16)25-20(21)23/h3-6,8,10-11,16,18-19,22H,7,9H2,1-2H3. The maximum absolute atomic E-state index is 12.5. The van der Waals surface area contributed by atoms with E-state index in [9.17, 15) is 9.90 Å². The molecular weight excluding hydrogens is 318 g/mol. The number of phenolic OH excluding ortho intramolecular Hbond substituents is 1. The third-order valence-corrected chi connectivity index (χ3v) is 5.39. The van der Waals surface area contributed by atoms with E-state index in [2.05, 4.69) is 0 Å². The van der Waals surface area contributed by atoms with Crippen molar-refractivity contribution < 1.29 is 19.4 Å². The first-order valence-corrected chi connectivity index (χ1v) is 8.48. The van der Waals surface area contributed by atoms with Crippen molar-refractivity contribution in [3.8, 4) is 11.5 Å². The first-order chi connectivity index (χ1) is 12.1. The van der Waals surface area contributed by atoms with Gasteiger partial charge in [-0.25, -0.2) is 4.79 Å². The third kappa shape index (κ3) is 2.51. The minimum absolute atomic E-state index is 0.0943. The molecule has 1 saturated heterocycles. The van der Waals surface area contributed by atoms with Crippen LogP contribution in [-0.4, -0.2) is 30.3 Å². The highest BCUT2D eigenvalue weighted by Gasteiger charge is 2.46. The molecule has 1 amide bonds. The average molecular weight is 339 g/mol. The van der Waals surface area contributed by atoms with Crippen LogP contribution in [0.5, 0.6) is 11.5 Å². The largest absolute Gasteiger partial charge is 0.508 e. The van der Waals surface area contributed by atoms with Crippen LogP contribution in [0, 0.1) is 5.92 Å². The van der Waals surface area contributed by atoms with Crippen LogP contribution in [-0.2, 0) is 11.2 Å². The second-order valence-corrected chi connectivity index (χ2v) is 6.69. The van der Waals surface area contributed by atoms with Crippen LogP contribution in [0.3, 0.4) is 0 Å². The molecule has 2 aliphatic rings. The molecule has 3 atom stereocenters. The van der Waals surface area contributed by atoms with Gasteiger partial charge in [-0.2, -0.15) is 0 Å². The summed E-state index contributed by atoms with van der Waals surface area (Å²) >= 11 is 0. The number of nitrogens with zero attached hydrogens (tertiary/aromatic N) is 1. The molecule has 1 N–H and O–H groups in total. The lowest BCUT2D eigenvalue weighted by Gasteiger charge is -2.46. The van der Waals surface area contributed by atoms with Crippen LogP contribution in [0.4, 0.5) is 4.79 Å². The van der Waals surface area contributed by atoms with E-state index in [1.807, 2.05) is 30.3 Å². The van der Waals surface area contributed by atoms with Crippen LogP contribution in [0.2, 0.25) is 0 Å². The highest BCUT2D eigenvalue weighted by Crippen LogP contribution is 2.50. The lowest BCUT2D eigenvalue weighted by molar-refractivity contribution is -0.0459. The molecule has 5 heteroatoms. The summed E-state index contributed by atoms with van der Waals surface area (Å²) in [4.78, 5) is 14.1. The van der Waals surface area contributed by atoms with Crippen molar-refractivity contribution in [1.29, 1.82) is 0 Å².